The lowest BCUT2D eigenvalue weighted by molar-refractivity contribution is -0.136. The van der Waals surface area contributed by atoms with Crippen LogP contribution in [-0.4, -0.2) is 37.1 Å². The molecule has 2 aromatic carbocycles. The second-order valence-electron chi connectivity index (χ2n) is 7.38. The maximum Gasteiger partial charge on any atom is 0.345 e. The molecule has 7 nitrogen and oxygen atoms in total. The normalized spacial score (nSPS) is 15.1. The lowest BCUT2D eigenvalue weighted by Crippen LogP contribution is -2.35. The molecule has 3 aromatic rings. The third-order valence-electron chi connectivity index (χ3n) is 5.39. The zero-order valence-corrected chi connectivity index (χ0v) is 20.9. The Morgan fingerprint density at radius 3 is 2.44 bits per heavy atom. The number of carbonyl (C=O) groups excluding carboxylic acids is 2. The summed E-state index contributed by atoms with van der Waals surface area (Å²) in [4.78, 5) is 42.8. The first-order valence-corrected chi connectivity index (χ1v) is 12.4. The summed E-state index contributed by atoms with van der Waals surface area (Å²) < 4.78 is 12.8. The van der Waals surface area contributed by atoms with Crippen molar-refractivity contribution in [3.63, 3.8) is 0 Å². The second-order valence-corrected chi connectivity index (χ2v) is 9.41. The van der Waals surface area contributed by atoms with Gasteiger partial charge in [-0.2, -0.15) is 0 Å². The Morgan fingerprint density at radius 2 is 1.79 bits per heavy atom. The molecule has 0 atom stereocenters. The zero-order chi connectivity index (χ0) is 24.4. The number of benzene rings is 2. The maximum atomic E-state index is 13.5. The second kappa shape index (κ2) is 9.90. The van der Waals surface area contributed by atoms with Crippen molar-refractivity contribution in [3.05, 3.63) is 73.6 Å². The number of methoxy groups -OCH3 is 1. The number of fused-ring (bicyclic) bond motifs is 1. The molecular formula is C25H24N2O5S2. The number of nitrogens with zero attached hydrogens (tertiary/aromatic N) is 2. The van der Waals surface area contributed by atoms with Crippen LogP contribution in [0, 0.1) is 0 Å². The third-order valence-corrected chi connectivity index (χ3v) is 7.94. The van der Waals surface area contributed by atoms with Gasteiger partial charge in [0.2, 0.25) is 5.78 Å². The minimum atomic E-state index is -0.739. The van der Waals surface area contributed by atoms with Crippen LogP contribution in [0.2, 0.25) is 0 Å². The molecule has 0 fully saturated rings. The van der Waals surface area contributed by atoms with Gasteiger partial charge in [-0.3, -0.25) is 14.2 Å². The summed E-state index contributed by atoms with van der Waals surface area (Å²) in [5.74, 6) is -0.493. The van der Waals surface area contributed by atoms with Gasteiger partial charge in [0, 0.05) is 30.1 Å². The average Bonchev–Trinajstić information content (AvgIpc) is 3.35. The molecule has 0 spiro atoms. The van der Waals surface area contributed by atoms with E-state index in [-0.39, 0.29) is 17.7 Å². The van der Waals surface area contributed by atoms with Crippen molar-refractivity contribution < 1.29 is 19.1 Å². The third kappa shape index (κ3) is 4.17. The highest BCUT2D eigenvalue weighted by atomic mass is 32.2. The number of thioether (sulfide) groups is 1. The number of hydrogen-bond acceptors (Lipinski definition) is 8. The van der Waals surface area contributed by atoms with Crippen LogP contribution in [0.3, 0.4) is 0 Å². The molecule has 0 aliphatic carbocycles. The molecule has 2 heterocycles. The van der Waals surface area contributed by atoms with Gasteiger partial charge in [0.05, 0.1) is 19.4 Å². The first-order chi connectivity index (χ1) is 16.4. The van der Waals surface area contributed by atoms with Gasteiger partial charge in [-0.05, 0) is 26.0 Å². The first-order valence-electron chi connectivity index (χ1n) is 10.8. The fraction of sp³-hybridized carbons (Fsp3) is 0.240. The van der Waals surface area contributed by atoms with E-state index in [1.807, 2.05) is 37.1 Å². The van der Waals surface area contributed by atoms with Gasteiger partial charge in [-0.15, -0.1) is 11.3 Å². The summed E-state index contributed by atoms with van der Waals surface area (Å²) in [5.41, 5.74) is 0.898. The summed E-state index contributed by atoms with van der Waals surface area (Å²) in [6.07, 6.45) is 0. The Kier molecular flexibility index (Phi) is 6.95. The largest absolute Gasteiger partial charge is 0.497 e. The van der Waals surface area contributed by atoms with Crippen LogP contribution in [0.4, 0.5) is 5.69 Å². The molecule has 176 valence electrons. The standard InChI is InChI=1S/C25H24N2O5S2/c1-5-27-22(29)21(24-26(3)17-14-16(31-4)12-13-18(17)33-24)34-23(27)19(25(30)32-6-2)20(28)15-10-8-7-9-11-15/h7-14H,5-6H2,1-4H3/b23-19-,24-21-. The molecule has 4 rings (SSSR count). The monoisotopic (exact) mass is 496 g/mol. The molecular weight excluding hydrogens is 472 g/mol. The molecule has 1 aromatic heterocycles. The molecule has 0 N–H and O–H groups in total. The number of esters is 1. The molecule has 0 bridgehead atoms. The van der Waals surface area contributed by atoms with Crippen LogP contribution in [0.25, 0.3) is 10.6 Å². The average molecular weight is 497 g/mol. The number of ketones is 1. The summed E-state index contributed by atoms with van der Waals surface area (Å²) in [6.45, 7) is 3.91. The van der Waals surface area contributed by atoms with Crippen LogP contribution in [0.1, 0.15) is 24.2 Å². The molecule has 0 saturated heterocycles. The number of ether oxygens (including phenoxy) is 2. The fourth-order valence-electron chi connectivity index (χ4n) is 3.69. The number of hydrogen-bond donors (Lipinski definition) is 0. The topological polar surface area (TPSA) is 77.8 Å². The van der Waals surface area contributed by atoms with Crippen LogP contribution < -0.4 is 24.4 Å². The van der Waals surface area contributed by atoms with E-state index >= 15 is 0 Å². The number of thiazole rings is 1. The summed E-state index contributed by atoms with van der Waals surface area (Å²) >= 11 is 2.61. The maximum absolute atomic E-state index is 13.5. The van der Waals surface area contributed by atoms with E-state index in [2.05, 4.69) is 0 Å². The van der Waals surface area contributed by atoms with Gasteiger partial charge < -0.3 is 14.4 Å². The molecule has 0 unspecified atom stereocenters. The number of aromatic nitrogens is 1. The minimum Gasteiger partial charge on any atom is -0.497 e. The Hall–Kier alpha value is -3.30. The predicted molar refractivity (Wildman–Crippen MR) is 135 cm³/mol. The van der Waals surface area contributed by atoms with Crippen molar-refractivity contribution >= 4 is 51.1 Å². The van der Waals surface area contributed by atoms with Crippen LogP contribution in [0.5, 0.6) is 5.75 Å². The van der Waals surface area contributed by atoms with E-state index in [9.17, 15) is 14.4 Å². The Balaban J connectivity index is 2.00. The van der Waals surface area contributed by atoms with E-state index in [0.29, 0.717) is 21.3 Å². The van der Waals surface area contributed by atoms with Crippen molar-refractivity contribution in [1.82, 2.24) is 4.57 Å². The zero-order valence-electron chi connectivity index (χ0n) is 19.3. The highest BCUT2D eigenvalue weighted by Gasteiger charge is 2.28. The summed E-state index contributed by atoms with van der Waals surface area (Å²) in [7, 11) is 3.49. The van der Waals surface area contributed by atoms with E-state index in [1.165, 1.54) is 16.3 Å². The molecule has 0 radical (unpaired) electrons. The Bertz CT molecular complexity index is 1440. The molecule has 0 saturated carbocycles. The number of rotatable bonds is 6. The Morgan fingerprint density at radius 1 is 1.06 bits per heavy atom. The van der Waals surface area contributed by atoms with E-state index in [4.69, 9.17) is 9.47 Å². The van der Waals surface area contributed by atoms with Gasteiger partial charge in [0.25, 0.3) is 5.56 Å². The molecule has 0 amide bonds. The highest BCUT2D eigenvalue weighted by Crippen LogP contribution is 2.46. The van der Waals surface area contributed by atoms with Crippen molar-refractivity contribution in [3.8, 4) is 5.75 Å². The lowest BCUT2D eigenvalue weighted by atomic mass is 10.0. The Labute approximate surface area is 204 Å². The van der Waals surface area contributed by atoms with Crippen molar-refractivity contribution in [2.24, 2.45) is 0 Å². The van der Waals surface area contributed by atoms with Crippen LogP contribution in [0.15, 0.2) is 58.2 Å². The van der Waals surface area contributed by atoms with Gasteiger partial charge in [-0.25, -0.2) is 4.79 Å². The quantitative estimate of drug-likeness (QED) is 0.295. The van der Waals surface area contributed by atoms with Gasteiger partial charge >= 0.3 is 5.97 Å². The predicted octanol–water partition coefficient (Wildman–Crippen LogP) is 2.84. The fourth-order valence-corrected chi connectivity index (χ4v) is 6.21. The first kappa shape index (κ1) is 23.8. The van der Waals surface area contributed by atoms with Gasteiger partial charge in [0.15, 0.2) is 0 Å². The number of carbonyl (C=O) groups is 2. The van der Waals surface area contributed by atoms with E-state index in [1.54, 1.807) is 44.4 Å². The van der Waals surface area contributed by atoms with Gasteiger partial charge in [-0.1, -0.05) is 42.1 Å². The van der Waals surface area contributed by atoms with Crippen molar-refractivity contribution in [2.75, 3.05) is 25.7 Å². The van der Waals surface area contributed by atoms with E-state index in [0.717, 1.165) is 32.7 Å². The summed E-state index contributed by atoms with van der Waals surface area (Å²) in [5, 5.41) is 0.738. The molecule has 1 aliphatic heterocycles. The number of Topliss-reactive ketones (excluding diaryl/α,β-unsaturated/α-hetero) is 1. The smallest absolute Gasteiger partial charge is 0.345 e. The summed E-state index contributed by atoms with van der Waals surface area (Å²) in [6, 6.07) is 14.3. The molecule has 34 heavy (non-hydrogen) atoms. The molecule has 9 heteroatoms. The van der Waals surface area contributed by atoms with Crippen molar-refractivity contribution in [1.29, 1.82) is 0 Å². The lowest BCUT2D eigenvalue weighted by Gasteiger charge is -2.13. The van der Waals surface area contributed by atoms with Gasteiger partial charge in [0.1, 0.15) is 25.5 Å². The van der Waals surface area contributed by atoms with Crippen molar-refractivity contribution in [2.45, 2.75) is 25.3 Å². The molecule has 1 aliphatic rings. The van der Waals surface area contributed by atoms with E-state index < -0.39 is 11.8 Å². The highest BCUT2D eigenvalue weighted by molar-refractivity contribution is 8.08. The number of anilines is 1. The van der Waals surface area contributed by atoms with Crippen LogP contribution in [-0.2, 0) is 16.1 Å². The minimum absolute atomic E-state index is 0.117. The van der Waals surface area contributed by atoms with Crippen LogP contribution >= 0.6 is 23.1 Å². The SMILES string of the molecule is CCOC(=O)/C(C(=O)c1ccccc1)=c1\s/c(=C2\Sc3ccc(OC)cc3N2C)c(=O)n1CC.